The predicted octanol–water partition coefficient (Wildman–Crippen LogP) is 3.04. The predicted molar refractivity (Wildman–Crippen MR) is 116 cm³/mol. The summed E-state index contributed by atoms with van der Waals surface area (Å²) in [6, 6.07) is 11.7. The Hall–Kier alpha value is -3.04. The lowest BCUT2D eigenvalue weighted by Gasteiger charge is -2.09. The Morgan fingerprint density at radius 2 is 2.13 bits per heavy atom. The van der Waals surface area contributed by atoms with Gasteiger partial charge in [-0.1, -0.05) is 29.8 Å². The summed E-state index contributed by atoms with van der Waals surface area (Å²) < 4.78 is 12.7. The van der Waals surface area contributed by atoms with Crippen LogP contribution < -0.4 is 10.1 Å². The number of carbonyl (C=O) groups excluding carboxylic acids is 1. The molecule has 3 rings (SSSR count). The molecule has 0 radical (unpaired) electrons. The maximum atomic E-state index is 12.3. The molecular weight excluding hydrogens is 402 g/mol. The fourth-order valence-electron chi connectivity index (χ4n) is 2.86. The molecule has 0 atom stereocenters. The number of rotatable bonds is 10. The average Bonchev–Trinajstić information content (AvgIpc) is 3.12. The molecule has 158 valence electrons. The van der Waals surface area contributed by atoms with E-state index in [-0.39, 0.29) is 12.3 Å². The molecule has 0 saturated heterocycles. The molecule has 0 unspecified atom stereocenters. The van der Waals surface area contributed by atoms with Crippen LogP contribution in [-0.2, 0) is 22.6 Å². The number of methoxy groups -OCH3 is 1. The van der Waals surface area contributed by atoms with Crippen molar-refractivity contribution >= 4 is 18.1 Å². The Labute approximate surface area is 180 Å². The van der Waals surface area contributed by atoms with Crippen LogP contribution in [0.4, 0.5) is 0 Å². The van der Waals surface area contributed by atoms with Crippen molar-refractivity contribution < 1.29 is 14.3 Å². The molecule has 0 bridgehead atoms. The summed E-state index contributed by atoms with van der Waals surface area (Å²) in [6.07, 6.45) is 1.97. The zero-order valence-corrected chi connectivity index (χ0v) is 17.9. The molecule has 0 aliphatic heterocycles. The van der Waals surface area contributed by atoms with E-state index >= 15 is 0 Å². The standard InChI is InChI=1S/C21H25N5O3S/c1-15-4-3-5-17(12-15)20-24-25-21(30)26(20)9-8-18(27)22-13-16-6-7-19(23-14-16)29-11-10-28-2/h3-7,12,14H,8-11,13H2,1-2H3,(H,22,27)(H,25,30). The van der Waals surface area contributed by atoms with Crippen LogP contribution in [0.25, 0.3) is 11.4 Å². The van der Waals surface area contributed by atoms with Gasteiger partial charge in [0, 0.05) is 44.4 Å². The number of H-pyrrole nitrogens is 1. The Bertz CT molecular complexity index is 1030. The Balaban J connectivity index is 1.52. The number of benzene rings is 1. The van der Waals surface area contributed by atoms with Crippen molar-refractivity contribution in [3.63, 3.8) is 0 Å². The van der Waals surface area contributed by atoms with Crippen LogP contribution in [0.15, 0.2) is 42.6 Å². The fourth-order valence-corrected chi connectivity index (χ4v) is 3.09. The van der Waals surface area contributed by atoms with Crippen LogP contribution in [-0.4, -0.2) is 46.0 Å². The number of carbonyl (C=O) groups is 1. The Kier molecular flexibility index (Phi) is 7.69. The van der Waals surface area contributed by atoms with Gasteiger partial charge in [0.1, 0.15) is 6.61 Å². The zero-order chi connectivity index (χ0) is 21.3. The molecule has 2 N–H and O–H groups in total. The zero-order valence-electron chi connectivity index (χ0n) is 17.1. The molecule has 0 saturated carbocycles. The van der Waals surface area contributed by atoms with Gasteiger partial charge in [0.25, 0.3) is 0 Å². The third-order valence-corrected chi connectivity index (χ3v) is 4.73. The highest BCUT2D eigenvalue weighted by Crippen LogP contribution is 2.18. The van der Waals surface area contributed by atoms with Crippen LogP contribution >= 0.6 is 12.2 Å². The number of pyridine rings is 1. The SMILES string of the molecule is COCCOc1ccc(CNC(=O)CCn2c(-c3cccc(C)c3)n[nH]c2=S)cn1. The van der Waals surface area contributed by atoms with E-state index in [1.807, 2.05) is 41.8 Å². The van der Waals surface area contributed by atoms with Crippen LogP contribution in [0.5, 0.6) is 5.88 Å². The summed E-state index contributed by atoms with van der Waals surface area (Å²) in [4.78, 5) is 16.5. The molecule has 0 fully saturated rings. The van der Waals surface area contributed by atoms with Gasteiger partial charge in [0.15, 0.2) is 10.6 Å². The van der Waals surface area contributed by atoms with E-state index < -0.39 is 0 Å². The molecule has 1 aromatic carbocycles. The number of aryl methyl sites for hydroxylation is 1. The van der Waals surface area contributed by atoms with Crippen molar-refractivity contribution in [2.24, 2.45) is 0 Å². The van der Waals surface area contributed by atoms with Crippen molar-refractivity contribution in [3.05, 3.63) is 58.5 Å². The van der Waals surface area contributed by atoms with Crippen LogP contribution in [0, 0.1) is 11.7 Å². The lowest BCUT2D eigenvalue weighted by Crippen LogP contribution is -2.24. The van der Waals surface area contributed by atoms with E-state index in [9.17, 15) is 4.79 Å². The first-order valence-corrected chi connectivity index (χ1v) is 10.0. The maximum absolute atomic E-state index is 12.3. The van der Waals surface area contributed by atoms with Crippen molar-refractivity contribution in [2.45, 2.75) is 26.4 Å². The molecular formula is C21H25N5O3S. The first kappa shape index (κ1) is 21.7. The maximum Gasteiger partial charge on any atom is 0.222 e. The molecule has 0 spiro atoms. The van der Waals surface area contributed by atoms with Gasteiger partial charge >= 0.3 is 0 Å². The molecule has 3 aromatic rings. The van der Waals surface area contributed by atoms with Gasteiger partial charge < -0.3 is 14.8 Å². The largest absolute Gasteiger partial charge is 0.475 e. The smallest absolute Gasteiger partial charge is 0.222 e. The number of amides is 1. The topological polar surface area (TPSA) is 94.1 Å². The number of nitrogens with one attached hydrogen (secondary N) is 2. The number of aromatic amines is 1. The van der Waals surface area contributed by atoms with E-state index in [0.29, 0.717) is 37.0 Å². The quantitative estimate of drug-likeness (QED) is 0.382. The van der Waals surface area contributed by atoms with Gasteiger partial charge in [-0.3, -0.25) is 14.5 Å². The molecule has 30 heavy (non-hydrogen) atoms. The first-order valence-electron chi connectivity index (χ1n) is 9.62. The van der Waals surface area contributed by atoms with Gasteiger partial charge in [-0.2, -0.15) is 5.10 Å². The lowest BCUT2D eigenvalue weighted by atomic mass is 10.1. The monoisotopic (exact) mass is 427 g/mol. The average molecular weight is 428 g/mol. The number of hydrogen-bond acceptors (Lipinski definition) is 6. The summed E-state index contributed by atoms with van der Waals surface area (Å²) >= 11 is 5.33. The van der Waals surface area contributed by atoms with Crippen molar-refractivity contribution in [1.82, 2.24) is 25.1 Å². The molecule has 1 amide bonds. The third-order valence-electron chi connectivity index (χ3n) is 4.42. The Morgan fingerprint density at radius 1 is 1.27 bits per heavy atom. The van der Waals surface area contributed by atoms with Gasteiger partial charge in [-0.25, -0.2) is 4.98 Å². The van der Waals surface area contributed by atoms with E-state index in [2.05, 4.69) is 20.5 Å². The van der Waals surface area contributed by atoms with Crippen LogP contribution in [0.1, 0.15) is 17.5 Å². The van der Waals surface area contributed by atoms with Gasteiger partial charge in [-0.05, 0) is 30.8 Å². The summed E-state index contributed by atoms with van der Waals surface area (Å²) in [5.41, 5.74) is 2.99. The molecule has 8 nitrogen and oxygen atoms in total. The highest BCUT2D eigenvalue weighted by molar-refractivity contribution is 7.71. The second-order valence-electron chi connectivity index (χ2n) is 6.75. The first-order chi connectivity index (χ1) is 14.6. The Morgan fingerprint density at radius 3 is 2.87 bits per heavy atom. The summed E-state index contributed by atoms with van der Waals surface area (Å²) in [6.45, 7) is 3.81. The molecule has 0 aliphatic rings. The van der Waals surface area contributed by atoms with E-state index in [1.165, 1.54) is 0 Å². The van der Waals surface area contributed by atoms with Crippen LogP contribution in [0.3, 0.4) is 0 Å². The number of nitrogens with zero attached hydrogens (tertiary/aromatic N) is 3. The highest BCUT2D eigenvalue weighted by Gasteiger charge is 2.11. The summed E-state index contributed by atoms with van der Waals surface area (Å²) in [7, 11) is 1.62. The van der Waals surface area contributed by atoms with Gasteiger partial charge in [-0.15, -0.1) is 0 Å². The number of ether oxygens (including phenoxy) is 2. The van der Waals surface area contributed by atoms with Crippen molar-refractivity contribution in [2.75, 3.05) is 20.3 Å². The van der Waals surface area contributed by atoms with E-state index in [1.54, 1.807) is 19.4 Å². The molecule has 9 heteroatoms. The molecule has 0 aliphatic carbocycles. The van der Waals surface area contributed by atoms with Crippen LogP contribution in [0.2, 0.25) is 0 Å². The highest BCUT2D eigenvalue weighted by atomic mass is 32.1. The normalized spacial score (nSPS) is 10.7. The molecule has 2 aromatic heterocycles. The fraction of sp³-hybridized carbons (Fsp3) is 0.333. The summed E-state index contributed by atoms with van der Waals surface area (Å²) in [5, 5.41) is 10.0. The van der Waals surface area contributed by atoms with Gasteiger partial charge in [0.05, 0.1) is 6.61 Å². The summed E-state index contributed by atoms with van der Waals surface area (Å²) in [5.74, 6) is 1.18. The second kappa shape index (κ2) is 10.7. The number of aromatic nitrogens is 4. The lowest BCUT2D eigenvalue weighted by molar-refractivity contribution is -0.121. The van der Waals surface area contributed by atoms with Gasteiger partial charge in [0.2, 0.25) is 11.8 Å². The minimum Gasteiger partial charge on any atom is -0.475 e. The number of hydrogen-bond donors (Lipinski definition) is 2. The third kappa shape index (κ3) is 5.98. The van der Waals surface area contributed by atoms with E-state index in [4.69, 9.17) is 21.7 Å². The van der Waals surface area contributed by atoms with Crippen molar-refractivity contribution in [3.8, 4) is 17.3 Å². The second-order valence-corrected chi connectivity index (χ2v) is 7.13. The minimum absolute atomic E-state index is 0.0753. The molecule has 2 heterocycles. The van der Waals surface area contributed by atoms with Crippen molar-refractivity contribution in [1.29, 1.82) is 0 Å². The van der Waals surface area contributed by atoms with E-state index in [0.717, 1.165) is 22.5 Å². The minimum atomic E-state index is -0.0753.